The van der Waals surface area contributed by atoms with E-state index in [9.17, 15) is 9.59 Å². The average Bonchev–Trinajstić information content (AvgIpc) is 2.84. The molecule has 0 radical (unpaired) electrons. The molecular weight excluding hydrogens is 456 g/mol. The Morgan fingerprint density at radius 3 is 2.42 bits per heavy atom. The van der Waals surface area contributed by atoms with Gasteiger partial charge in [-0.1, -0.05) is 50.6 Å². The number of benzene rings is 1. The number of methoxy groups -OCH3 is 1. The Kier molecular flexibility index (Phi) is 15.5. The first-order valence-electron chi connectivity index (χ1n) is 11.6. The SMILES string of the molecule is CCC(C)[C@@H](CN[C@@H](Cc1ccccc1)C(=O)N[C@@H](CCSC)C(=O)OC)NCC(N)CS. The van der Waals surface area contributed by atoms with Crippen molar-refractivity contribution >= 4 is 36.3 Å². The lowest BCUT2D eigenvalue weighted by Gasteiger charge is -2.29. The normalized spacial score (nSPS) is 15.8. The van der Waals surface area contributed by atoms with Gasteiger partial charge in [0.25, 0.3) is 0 Å². The summed E-state index contributed by atoms with van der Waals surface area (Å²) >= 11 is 5.89. The molecule has 0 saturated heterocycles. The van der Waals surface area contributed by atoms with Gasteiger partial charge in [-0.25, -0.2) is 4.79 Å². The van der Waals surface area contributed by atoms with Gasteiger partial charge in [0.15, 0.2) is 0 Å². The first-order valence-corrected chi connectivity index (χ1v) is 13.6. The molecule has 5 N–H and O–H groups in total. The van der Waals surface area contributed by atoms with E-state index in [-0.39, 0.29) is 18.0 Å². The Morgan fingerprint density at radius 1 is 1.15 bits per heavy atom. The summed E-state index contributed by atoms with van der Waals surface area (Å²) in [6.45, 7) is 5.61. The number of carbonyl (C=O) groups is 2. The molecule has 0 bridgehead atoms. The van der Waals surface area contributed by atoms with Gasteiger partial charge in [0.05, 0.1) is 13.2 Å². The van der Waals surface area contributed by atoms with E-state index in [2.05, 4.69) is 42.4 Å². The van der Waals surface area contributed by atoms with E-state index in [1.54, 1.807) is 11.8 Å². The predicted octanol–water partition coefficient (Wildman–Crippen LogP) is 1.86. The molecule has 0 aliphatic carbocycles. The minimum absolute atomic E-state index is 0.0273. The van der Waals surface area contributed by atoms with Crippen molar-refractivity contribution in [2.24, 2.45) is 11.7 Å². The zero-order valence-electron chi connectivity index (χ0n) is 20.4. The number of hydrogen-bond acceptors (Lipinski definition) is 8. The number of esters is 1. The summed E-state index contributed by atoms with van der Waals surface area (Å²) in [6, 6.07) is 8.86. The fraction of sp³-hybridized carbons (Fsp3) is 0.667. The molecule has 1 aromatic rings. The van der Waals surface area contributed by atoms with E-state index in [0.29, 0.717) is 37.6 Å². The van der Waals surface area contributed by atoms with Gasteiger partial charge in [-0.3, -0.25) is 4.79 Å². The molecule has 1 aromatic carbocycles. The van der Waals surface area contributed by atoms with Crippen molar-refractivity contribution in [1.82, 2.24) is 16.0 Å². The highest BCUT2D eigenvalue weighted by Crippen LogP contribution is 2.10. The number of amides is 1. The largest absolute Gasteiger partial charge is 0.467 e. The topological polar surface area (TPSA) is 105 Å². The zero-order valence-corrected chi connectivity index (χ0v) is 22.1. The van der Waals surface area contributed by atoms with Gasteiger partial charge in [-0.05, 0) is 36.3 Å². The summed E-state index contributed by atoms with van der Waals surface area (Å²) in [5.41, 5.74) is 7.09. The summed E-state index contributed by atoms with van der Waals surface area (Å²) in [4.78, 5) is 25.5. The van der Waals surface area contributed by atoms with Crippen molar-refractivity contribution in [2.75, 3.05) is 38.0 Å². The van der Waals surface area contributed by atoms with Crippen LogP contribution in [0.4, 0.5) is 0 Å². The summed E-state index contributed by atoms with van der Waals surface area (Å²) in [7, 11) is 1.35. The maximum Gasteiger partial charge on any atom is 0.328 e. The number of nitrogens with two attached hydrogens (primary N) is 1. The van der Waals surface area contributed by atoms with Gasteiger partial charge in [0.2, 0.25) is 5.91 Å². The first kappa shape index (κ1) is 29.8. The molecule has 33 heavy (non-hydrogen) atoms. The van der Waals surface area contributed by atoms with Crippen LogP contribution in [0.25, 0.3) is 0 Å². The number of thioether (sulfide) groups is 1. The van der Waals surface area contributed by atoms with Crippen LogP contribution < -0.4 is 21.7 Å². The Bertz CT molecular complexity index is 681. The molecule has 0 saturated carbocycles. The molecule has 9 heteroatoms. The maximum absolute atomic E-state index is 13.3. The molecule has 0 fully saturated rings. The van der Waals surface area contributed by atoms with E-state index in [4.69, 9.17) is 10.5 Å². The lowest BCUT2D eigenvalue weighted by molar-refractivity contribution is -0.145. The molecule has 0 aliphatic rings. The van der Waals surface area contributed by atoms with E-state index >= 15 is 0 Å². The lowest BCUT2D eigenvalue weighted by Crippen LogP contribution is -2.55. The molecule has 1 rings (SSSR count). The maximum atomic E-state index is 13.3. The van der Waals surface area contributed by atoms with Crippen molar-refractivity contribution in [3.63, 3.8) is 0 Å². The molecule has 2 unspecified atom stereocenters. The molecule has 0 aromatic heterocycles. The van der Waals surface area contributed by atoms with Crippen LogP contribution in [0.5, 0.6) is 0 Å². The van der Waals surface area contributed by atoms with Gasteiger partial charge in [-0.15, -0.1) is 0 Å². The van der Waals surface area contributed by atoms with Crippen LogP contribution in [0.1, 0.15) is 32.3 Å². The highest BCUT2D eigenvalue weighted by Gasteiger charge is 2.27. The fourth-order valence-corrected chi connectivity index (χ4v) is 4.00. The summed E-state index contributed by atoms with van der Waals surface area (Å²) < 4.78 is 4.91. The highest BCUT2D eigenvalue weighted by molar-refractivity contribution is 7.98. The standard InChI is InChI=1S/C24H42N4O3S2/c1-5-17(2)22(26-14-19(25)16-32)15-27-21(13-18-9-7-6-8-10-18)23(29)28-20(11-12-33-4)24(30)31-3/h6-10,17,19-22,26-27,32H,5,11-16,25H2,1-4H3,(H,28,29)/t17?,19?,20-,21-,22+/m0/s1. The number of carbonyl (C=O) groups excluding carboxylic acids is 2. The van der Waals surface area contributed by atoms with Crippen LogP contribution in [0.3, 0.4) is 0 Å². The quantitative estimate of drug-likeness (QED) is 0.165. The van der Waals surface area contributed by atoms with Crippen molar-refractivity contribution in [2.45, 2.75) is 57.3 Å². The Hall–Kier alpha value is -1.26. The van der Waals surface area contributed by atoms with Crippen molar-refractivity contribution in [3.8, 4) is 0 Å². The fourth-order valence-electron chi connectivity index (χ4n) is 3.40. The molecule has 7 nitrogen and oxygen atoms in total. The van der Waals surface area contributed by atoms with Gasteiger partial charge in [-0.2, -0.15) is 24.4 Å². The monoisotopic (exact) mass is 498 g/mol. The molecule has 0 heterocycles. The highest BCUT2D eigenvalue weighted by atomic mass is 32.2. The van der Waals surface area contributed by atoms with E-state index in [0.717, 1.165) is 17.7 Å². The van der Waals surface area contributed by atoms with Crippen molar-refractivity contribution in [3.05, 3.63) is 35.9 Å². The third-order valence-electron chi connectivity index (χ3n) is 5.80. The van der Waals surface area contributed by atoms with E-state index in [1.165, 1.54) is 7.11 Å². The van der Waals surface area contributed by atoms with Crippen LogP contribution >= 0.6 is 24.4 Å². The van der Waals surface area contributed by atoms with Gasteiger partial charge in [0, 0.05) is 30.9 Å². The second-order valence-corrected chi connectivity index (χ2v) is 9.71. The first-order chi connectivity index (χ1) is 15.9. The molecular formula is C24H42N4O3S2. The van der Waals surface area contributed by atoms with Gasteiger partial charge >= 0.3 is 5.97 Å². The molecule has 5 atom stereocenters. The number of thiol groups is 1. The van der Waals surface area contributed by atoms with Gasteiger partial charge < -0.3 is 26.4 Å². The third-order valence-corrected chi connectivity index (χ3v) is 6.92. The van der Waals surface area contributed by atoms with E-state index < -0.39 is 18.1 Å². The summed E-state index contributed by atoms with van der Waals surface area (Å²) in [5, 5.41) is 9.89. The minimum atomic E-state index is -0.660. The van der Waals surface area contributed by atoms with Crippen LogP contribution in [-0.4, -0.2) is 74.0 Å². The lowest BCUT2D eigenvalue weighted by atomic mass is 9.97. The van der Waals surface area contributed by atoms with Crippen LogP contribution in [0, 0.1) is 5.92 Å². The molecule has 0 aliphatic heterocycles. The summed E-state index contributed by atoms with van der Waals surface area (Å²) in [6.07, 6.45) is 4.02. The Morgan fingerprint density at radius 2 is 1.85 bits per heavy atom. The number of ether oxygens (including phenoxy) is 1. The Labute approximate surface area is 209 Å². The number of rotatable bonds is 17. The zero-order chi connectivity index (χ0) is 24.6. The summed E-state index contributed by atoms with van der Waals surface area (Å²) in [5.74, 6) is 1.13. The Balaban J connectivity index is 2.94. The number of nitrogens with one attached hydrogen (secondary N) is 3. The molecule has 1 amide bonds. The van der Waals surface area contributed by atoms with Crippen LogP contribution in [0.2, 0.25) is 0 Å². The second kappa shape index (κ2) is 17.2. The minimum Gasteiger partial charge on any atom is -0.467 e. The van der Waals surface area contributed by atoms with Crippen LogP contribution in [0.15, 0.2) is 30.3 Å². The van der Waals surface area contributed by atoms with E-state index in [1.807, 2.05) is 36.6 Å². The number of hydrogen-bond donors (Lipinski definition) is 5. The smallest absolute Gasteiger partial charge is 0.328 e. The van der Waals surface area contributed by atoms with Gasteiger partial charge in [0.1, 0.15) is 6.04 Å². The predicted molar refractivity (Wildman–Crippen MR) is 142 cm³/mol. The third kappa shape index (κ3) is 11.6. The molecule has 0 spiro atoms. The van der Waals surface area contributed by atoms with Crippen molar-refractivity contribution < 1.29 is 14.3 Å². The van der Waals surface area contributed by atoms with Crippen LogP contribution in [-0.2, 0) is 20.7 Å². The second-order valence-electron chi connectivity index (χ2n) is 8.36. The molecule has 188 valence electrons. The van der Waals surface area contributed by atoms with Crippen molar-refractivity contribution in [1.29, 1.82) is 0 Å². The average molecular weight is 499 g/mol.